The van der Waals surface area contributed by atoms with Crippen molar-refractivity contribution in [3.63, 3.8) is 0 Å². The van der Waals surface area contributed by atoms with E-state index in [4.69, 9.17) is 5.73 Å². The summed E-state index contributed by atoms with van der Waals surface area (Å²) < 4.78 is 4.19. The molecule has 2 N–H and O–H groups in total. The first-order chi connectivity index (χ1) is 10.5. The number of hydrogen-bond acceptors (Lipinski definition) is 5. The van der Waals surface area contributed by atoms with Gasteiger partial charge in [-0.2, -0.15) is 4.98 Å². The Kier molecular flexibility index (Phi) is 3.78. The number of imidazole rings is 1. The van der Waals surface area contributed by atoms with E-state index in [9.17, 15) is 9.59 Å². The van der Waals surface area contributed by atoms with E-state index < -0.39 is 5.69 Å². The van der Waals surface area contributed by atoms with Gasteiger partial charge >= 0.3 is 5.69 Å². The Balaban J connectivity index is 2.00. The zero-order valence-corrected chi connectivity index (χ0v) is 13.1. The number of aryl methyl sites for hydroxylation is 1. The van der Waals surface area contributed by atoms with Crippen LogP contribution in [0, 0.1) is 0 Å². The first-order valence-corrected chi connectivity index (χ1v) is 7.65. The average Bonchev–Trinajstić information content (AvgIpc) is 2.86. The molecule has 1 aliphatic rings. The Morgan fingerprint density at radius 2 is 1.73 bits per heavy atom. The largest absolute Gasteiger partial charge is 0.369 e. The van der Waals surface area contributed by atoms with Crippen LogP contribution in [0.4, 0.5) is 5.95 Å². The van der Waals surface area contributed by atoms with Gasteiger partial charge in [-0.15, -0.1) is 0 Å². The number of nitrogens with two attached hydrogens (primary N) is 1. The Morgan fingerprint density at radius 1 is 1.05 bits per heavy atom. The van der Waals surface area contributed by atoms with Crippen molar-refractivity contribution in [2.24, 2.45) is 14.1 Å². The van der Waals surface area contributed by atoms with Crippen LogP contribution in [0.15, 0.2) is 9.59 Å². The fraction of sp³-hybridized carbons (Fsp3) is 0.643. The third-order valence-corrected chi connectivity index (χ3v) is 4.47. The van der Waals surface area contributed by atoms with E-state index in [-0.39, 0.29) is 11.5 Å². The van der Waals surface area contributed by atoms with Crippen LogP contribution < -0.4 is 17.0 Å². The third-order valence-electron chi connectivity index (χ3n) is 4.47. The minimum absolute atomic E-state index is 0.283. The molecule has 0 radical (unpaired) electrons. The Bertz CT molecular complexity index is 809. The minimum Gasteiger partial charge on any atom is -0.369 e. The molecule has 2 aromatic rings. The molecule has 120 valence electrons. The van der Waals surface area contributed by atoms with Crippen molar-refractivity contribution < 1.29 is 0 Å². The number of rotatable bonds is 3. The molecule has 8 heteroatoms. The quantitative estimate of drug-likeness (QED) is 0.825. The average molecular weight is 306 g/mol. The van der Waals surface area contributed by atoms with E-state index in [1.54, 1.807) is 11.6 Å². The van der Waals surface area contributed by atoms with Gasteiger partial charge in [0.2, 0.25) is 5.95 Å². The summed E-state index contributed by atoms with van der Waals surface area (Å²) in [6.07, 6.45) is 3.72. The van der Waals surface area contributed by atoms with Crippen LogP contribution in [-0.4, -0.2) is 43.2 Å². The molecule has 8 nitrogen and oxygen atoms in total. The standard InChI is InChI=1S/C14H22N6O2/c1-17-11-10(12(21)18(2)14(17)22)20(13(15)16-11)9-8-19-6-4-3-5-7-19/h3-9H2,1-2H3,(H2,15,16). The molecule has 0 aromatic carbocycles. The second-order valence-corrected chi connectivity index (χ2v) is 5.90. The molecule has 0 aliphatic carbocycles. The molecular formula is C14H22N6O2. The van der Waals surface area contributed by atoms with Gasteiger partial charge in [-0.05, 0) is 25.9 Å². The summed E-state index contributed by atoms with van der Waals surface area (Å²) in [6.45, 7) is 3.61. The molecule has 0 atom stereocenters. The Morgan fingerprint density at radius 3 is 2.41 bits per heavy atom. The van der Waals surface area contributed by atoms with Crippen LogP contribution in [0.3, 0.4) is 0 Å². The van der Waals surface area contributed by atoms with Crippen LogP contribution in [-0.2, 0) is 20.6 Å². The molecule has 22 heavy (non-hydrogen) atoms. The van der Waals surface area contributed by atoms with Crippen LogP contribution in [0.1, 0.15) is 19.3 Å². The van der Waals surface area contributed by atoms with Gasteiger partial charge in [0.25, 0.3) is 5.56 Å². The highest BCUT2D eigenvalue weighted by Gasteiger charge is 2.18. The van der Waals surface area contributed by atoms with Gasteiger partial charge in [0.15, 0.2) is 11.2 Å². The number of nitrogens with zero attached hydrogens (tertiary/aromatic N) is 5. The molecule has 1 aliphatic heterocycles. The smallest absolute Gasteiger partial charge is 0.332 e. The van der Waals surface area contributed by atoms with E-state index in [1.165, 1.54) is 30.9 Å². The lowest BCUT2D eigenvalue weighted by molar-refractivity contribution is 0.222. The van der Waals surface area contributed by atoms with Gasteiger partial charge in [0.05, 0.1) is 0 Å². The maximum absolute atomic E-state index is 12.4. The van der Waals surface area contributed by atoms with Crippen LogP contribution in [0.2, 0.25) is 0 Å². The summed E-state index contributed by atoms with van der Waals surface area (Å²) in [5.74, 6) is 0.283. The van der Waals surface area contributed by atoms with Gasteiger partial charge in [-0.3, -0.25) is 13.9 Å². The second kappa shape index (κ2) is 5.60. The molecule has 2 aromatic heterocycles. The van der Waals surface area contributed by atoms with Crippen molar-refractivity contribution in [2.75, 3.05) is 25.4 Å². The van der Waals surface area contributed by atoms with Gasteiger partial charge in [0, 0.05) is 27.2 Å². The number of fused-ring (bicyclic) bond motifs is 1. The van der Waals surface area contributed by atoms with Crippen molar-refractivity contribution >= 4 is 17.1 Å². The van der Waals surface area contributed by atoms with Crippen LogP contribution >= 0.6 is 0 Å². The van der Waals surface area contributed by atoms with E-state index in [0.717, 1.165) is 24.2 Å². The van der Waals surface area contributed by atoms with Crippen LogP contribution in [0.5, 0.6) is 0 Å². The molecule has 1 saturated heterocycles. The summed E-state index contributed by atoms with van der Waals surface area (Å²) in [5.41, 5.74) is 5.99. The predicted molar refractivity (Wildman–Crippen MR) is 84.9 cm³/mol. The van der Waals surface area contributed by atoms with Crippen molar-refractivity contribution in [2.45, 2.75) is 25.8 Å². The topological polar surface area (TPSA) is 91.1 Å². The van der Waals surface area contributed by atoms with E-state index in [2.05, 4.69) is 9.88 Å². The van der Waals surface area contributed by atoms with Gasteiger partial charge in [-0.1, -0.05) is 6.42 Å². The number of aromatic nitrogens is 4. The zero-order valence-electron chi connectivity index (χ0n) is 13.1. The van der Waals surface area contributed by atoms with E-state index >= 15 is 0 Å². The lowest BCUT2D eigenvalue weighted by Gasteiger charge is -2.26. The first-order valence-electron chi connectivity index (χ1n) is 7.65. The van der Waals surface area contributed by atoms with Crippen molar-refractivity contribution in [3.8, 4) is 0 Å². The maximum atomic E-state index is 12.4. The van der Waals surface area contributed by atoms with E-state index in [0.29, 0.717) is 17.7 Å². The number of likely N-dealkylation sites (tertiary alicyclic amines) is 1. The summed E-state index contributed by atoms with van der Waals surface area (Å²) >= 11 is 0. The molecule has 0 amide bonds. The SMILES string of the molecule is Cn1c(=O)c2c(nc(N)n2CCN2CCCCC2)n(C)c1=O. The van der Waals surface area contributed by atoms with Crippen molar-refractivity contribution in [1.29, 1.82) is 0 Å². The Labute approximate surface area is 127 Å². The minimum atomic E-state index is -0.391. The molecule has 0 saturated carbocycles. The summed E-state index contributed by atoms with van der Waals surface area (Å²) in [4.78, 5) is 31.0. The monoisotopic (exact) mass is 306 g/mol. The number of anilines is 1. The number of nitrogen functional groups attached to an aromatic ring is 1. The van der Waals surface area contributed by atoms with Gasteiger partial charge < -0.3 is 15.2 Å². The second-order valence-electron chi connectivity index (χ2n) is 5.90. The summed E-state index contributed by atoms with van der Waals surface area (Å²) in [7, 11) is 3.08. The summed E-state index contributed by atoms with van der Waals surface area (Å²) in [6, 6.07) is 0. The number of piperidine rings is 1. The normalized spacial score (nSPS) is 16.5. The molecule has 3 rings (SSSR count). The molecule has 0 spiro atoms. The zero-order chi connectivity index (χ0) is 15.9. The van der Waals surface area contributed by atoms with Crippen molar-refractivity contribution in [1.82, 2.24) is 23.6 Å². The fourth-order valence-electron chi connectivity index (χ4n) is 3.11. The molecule has 3 heterocycles. The van der Waals surface area contributed by atoms with Crippen molar-refractivity contribution in [3.05, 3.63) is 20.8 Å². The summed E-state index contributed by atoms with van der Waals surface area (Å²) in [5, 5.41) is 0. The lowest BCUT2D eigenvalue weighted by Crippen LogP contribution is -2.38. The maximum Gasteiger partial charge on any atom is 0.332 e. The fourth-order valence-corrected chi connectivity index (χ4v) is 3.11. The first kappa shape index (κ1) is 14.8. The highest BCUT2D eigenvalue weighted by Crippen LogP contribution is 2.14. The highest BCUT2D eigenvalue weighted by atomic mass is 16.2. The lowest BCUT2D eigenvalue weighted by atomic mass is 10.1. The molecule has 0 bridgehead atoms. The van der Waals surface area contributed by atoms with E-state index in [1.807, 2.05) is 0 Å². The van der Waals surface area contributed by atoms with Gasteiger partial charge in [-0.25, -0.2) is 4.79 Å². The van der Waals surface area contributed by atoms with Gasteiger partial charge in [0.1, 0.15) is 0 Å². The molecular weight excluding hydrogens is 284 g/mol. The highest BCUT2D eigenvalue weighted by molar-refractivity contribution is 5.73. The predicted octanol–water partition coefficient (Wildman–Crippen LogP) is -0.498. The third kappa shape index (κ3) is 2.33. The molecule has 1 fully saturated rings. The number of hydrogen-bond donors (Lipinski definition) is 1. The Hall–Kier alpha value is -2.09. The van der Waals surface area contributed by atoms with Crippen LogP contribution in [0.25, 0.3) is 11.2 Å². The molecule has 0 unspecified atom stereocenters.